The average molecular weight is 678 g/mol. The number of nitrogens with zero attached hydrogens (tertiary/aromatic N) is 1. The largest absolute Gasteiger partial charge is 0.481 e. The lowest BCUT2D eigenvalue weighted by Gasteiger charge is -2.22. The maximum absolute atomic E-state index is 10.9. The van der Waals surface area contributed by atoms with Crippen molar-refractivity contribution in [3.8, 4) is 0 Å². The van der Waals surface area contributed by atoms with E-state index in [1.54, 1.807) is 0 Å². The van der Waals surface area contributed by atoms with Gasteiger partial charge in [0.05, 0.1) is 0 Å². The van der Waals surface area contributed by atoms with Gasteiger partial charge in [0.1, 0.15) is 0 Å². The molecule has 0 unspecified atom stereocenters. The molecule has 1 N–H and O–H groups in total. The summed E-state index contributed by atoms with van der Waals surface area (Å²) in [6, 6.07) is 0. The molecule has 0 aliphatic carbocycles. The molecule has 0 rings (SSSR count). The van der Waals surface area contributed by atoms with Gasteiger partial charge in [0.15, 0.2) is 0 Å². The second-order valence-corrected chi connectivity index (χ2v) is 15.7. The van der Waals surface area contributed by atoms with Crippen LogP contribution in [0.3, 0.4) is 0 Å². The van der Waals surface area contributed by atoms with E-state index in [4.69, 9.17) is 5.11 Å². The molecule has 0 aromatic carbocycles. The number of hydrogen-bond acceptors (Lipinski definition) is 2. The Morgan fingerprint density at radius 2 is 0.500 bits per heavy atom. The number of carboxylic acids is 1. The van der Waals surface area contributed by atoms with Crippen LogP contribution in [0.15, 0.2) is 0 Å². The van der Waals surface area contributed by atoms with Gasteiger partial charge in [-0.25, -0.2) is 0 Å². The van der Waals surface area contributed by atoms with Crippen molar-refractivity contribution in [3.05, 3.63) is 0 Å². The highest BCUT2D eigenvalue weighted by molar-refractivity contribution is 5.66. The lowest BCUT2D eigenvalue weighted by atomic mass is 10.0. The number of hydrogen-bond donors (Lipinski definition) is 1. The van der Waals surface area contributed by atoms with Crippen molar-refractivity contribution >= 4 is 5.97 Å². The van der Waals surface area contributed by atoms with Crippen LogP contribution >= 0.6 is 0 Å². The molecule has 48 heavy (non-hydrogen) atoms. The van der Waals surface area contributed by atoms with Crippen LogP contribution in [-0.2, 0) is 4.79 Å². The van der Waals surface area contributed by atoms with E-state index in [0.717, 1.165) is 19.4 Å². The monoisotopic (exact) mass is 678 g/mol. The minimum atomic E-state index is -0.645. The van der Waals surface area contributed by atoms with Crippen LogP contribution in [0.1, 0.15) is 264 Å². The van der Waals surface area contributed by atoms with Gasteiger partial charge in [-0.15, -0.1) is 0 Å². The standard InChI is InChI=1S/C45H91NO2/c1-3-5-7-9-11-13-15-17-19-21-23-25-27-29-31-33-35-38-42-46(44-40-37-41-45(47)48)43-39-36-34-32-30-28-26-24-22-20-18-16-14-12-10-8-6-4-2/h3-44H2,1-2H3,(H,47,48). The molecule has 0 saturated carbocycles. The van der Waals surface area contributed by atoms with Gasteiger partial charge in [-0.05, 0) is 45.3 Å². The Bertz CT molecular complexity index is 554. The third-order valence-corrected chi connectivity index (χ3v) is 10.8. The van der Waals surface area contributed by atoms with Crippen LogP contribution in [0.5, 0.6) is 0 Å². The highest BCUT2D eigenvalue weighted by Crippen LogP contribution is 2.17. The summed E-state index contributed by atoms with van der Waals surface area (Å²) in [5.74, 6) is -0.645. The highest BCUT2D eigenvalue weighted by atomic mass is 16.4. The van der Waals surface area contributed by atoms with Gasteiger partial charge in [-0.3, -0.25) is 4.79 Å². The van der Waals surface area contributed by atoms with E-state index in [-0.39, 0.29) is 0 Å². The molecule has 0 aliphatic heterocycles. The zero-order valence-corrected chi connectivity index (χ0v) is 33.5. The zero-order valence-electron chi connectivity index (χ0n) is 33.5. The maximum atomic E-state index is 10.9. The first-order valence-electron chi connectivity index (χ1n) is 22.6. The molecule has 0 aliphatic rings. The minimum Gasteiger partial charge on any atom is -0.481 e. The Hall–Kier alpha value is -0.570. The molecular weight excluding hydrogens is 587 g/mol. The zero-order chi connectivity index (χ0) is 34.9. The van der Waals surface area contributed by atoms with Crippen molar-refractivity contribution in [2.45, 2.75) is 264 Å². The lowest BCUT2D eigenvalue weighted by Crippen LogP contribution is -2.27. The summed E-state index contributed by atoms with van der Waals surface area (Å²) in [7, 11) is 0. The van der Waals surface area contributed by atoms with Crippen LogP contribution in [-0.4, -0.2) is 35.6 Å². The van der Waals surface area contributed by atoms with Crippen LogP contribution in [0.25, 0.3) is 0 Å². The maximum Gasteiger partial charge on any atom is 0.303 e. The summed E-state index contributed by atoms with van der Waals surface area (Å²) < 4.78 is 0. The number of carboxylic acid groups (broad SMARTS) is 1. The Labute approximate surface area is 304 Å². The molecule has 0 aromatic heterocycles. The first-order valence-corrected chi connectivity index (χ1v) is 22.6. The average Bonchev–Trinajstić information content (AvgIpc) is 3.08. The van der Waals surface area contributed by atoms with Gasteiger partial charge >= 0.3 is 5.97 Å². The summed E-state index contributed by atoms with van der Waals surface area (Å²) in [4.78, 5) is 13.6. The van der Waals surface area contributed by atoms with E-state index in [2.05, 4.69) is 18.7 Å². The smallest absolute Gasteiger partial charge is 0.303 e. The molecule has 0 atom stereocenters. The number of aliphatic carboxylic acids is 1. The molecule has 3 nitrogen and oxygen atoms in total. The Morgan fingerprint density at radius 1 is 0.312 bits per heavy atom. The molecule has 0 heterocycles. The van der Waals surface area contributed by atoms with Gasteiger partial charge in [-0.2, -0.15) is 0 Å². The summed E-state index contributed by atoms with van der Waals surface area (Å²) in [5, 5.41) is 9.01. The van der Waals surface area contributed by atoms with E-state index in [1.807, 2.05) is 0 Å². The third-order valence-electron chi connectivity index (χ3n) is 10.8. The predicted molar refractivity (Wildman–Crippen MR) is 215 cm³/mol. The Morgan fingerprint density at radius 3 is 0.708 bits per heavy atom. The van der Waals surface area contributed by atoms with Gasteiger partial charge in [0, 0.05) is 6.42 Å². The van der Waals surface area contributed by atoms with Crippen LogP contribution in [0.4, 0.5) is 0 Å². The minimum absolute atomic E-state index is 0.326. The normalized spacial score (nSPS) is 11.6. The van der Waals surface area contributed by atoms with Crippen molar-refractivity contribution < 1.29 is 9.90 Å². The number of rotatable bonds is 43. The summed E-state index contributed by atoms with van der Waals surface area (Å²) in [5.41, 5.74) is 0. The molecule has 3 heteroatoms. The van der Waals surface area contributed by atoms with E-state index >= 15 is 0 Å². The molecule has 0 saturated heterocycles. The summed E-state index contributed by atoms with van der Waals surface area (Å²) >= 11 is 0. The first-order chi connectivity index (χ1) is 23.7. The van der Waals surface area contributed by atoms with Crippen LogP contribution in [0, 0.1) is 0 Å². The molecule has 0 aromatic rings. The Kier molecular flexibility index (Phi) is 42.1. The van der Waals surface area contributed by atoms with Crippen LogP contribution in [0.2, 0.25) is 0 Å². The molecule has 0 fully saturated rings. The third kappa shape index (κ3) is 41.6. The second-order valence-electron chi connectivity index (χ2n) is 15.7. The SMILES string of the molecule is CCCCCCCCCCCCCCCCCCCCN(CCCCCCCCCCCCCCCCCCCC)CCCCC(=O)O. The fraction of sp³-hybridized carbons (Fsp3) is 0.978. The topological polar surface area (TPSA) is 40.5 Å². The van der Waals surface area contributed by atoms with Crippen molar-refractivity contribution in [2.24, 2.45) is 0 Å². The molecule has 288 valence electrons. The molecular formula is C45H91NO2. The van der Waals surface area contributed by atoms with Crippen molar-refractivity contribution in [3.63, 3.8) is 0 Å². The van der Waals surface area contributed by atoms with E-state index in [1.165, 1.54) is 244 Å². The van der Waals surface area contributed by atoms with Gasteiger partial charge in [0.2, 0.25) is 0 Å². The number of unbranched alkanes of at least 4 members (excludes halogenated alkanes) is 35. The highest BCUT2D eigenvalue weighted by Gasteiger charge is 2.06. The van der Waals surface area contributed by atoms with E-state index in [0.29, 0.717) is 6.42 Å². The molecule has 0 amide bonds. The van der Waals surface area contributed by atoms with Gasteiger partial charge in [0.25, 0.3) is 0 Å². The van der Waals surface area contributed by atoms with Gasteiger partial charge < -0.3 is 10.0 Å². The van der Waals surface area contributed by atoms with E-state index in [9.17, 15) is 4.79 Å². The molecule has 0 bridgehead atoms. The fourth-order valence-corrected chi connectivity index (χ4v) is 7.42. The Balaban J connectivity index is 3.65. The summed E-state index contributed by atoms with van der Waals surface area (Å²) in [6.07, 6.45) is 53.6. The van der Waals surface area contributed by atoms with Crippen LogP contribution < -0.4 is 0 Å². The molecule has 0 radical (unpaired) electrons. The first kappa shape index (κ1) is 47.4. The molecule has 0 spiro atoms. The lowest BCUT2D eigenvalue weighted by molar-refractivity contribution is -0.137. The quantitative estimate of drug-likeness (QED) is 0.0653. The van der Waals surface area contributed by atoms with E-state index < -0.39 is 5.97 Å². The van der Waals surface area contributed by atoms with Crippen molar-refractivity contribution in [1.29, 1.82) is 0 Å². The van der Waals surface area contributed by atoms with Crippen molar-refractivity contribution in [2.75, 3.05) is 19.6 Å². The predicted octanol–water partition coefficient (Wildman–Crippen LogP) is 15.6. The second kappa shape index (κ2) is 42.6. The van der Waals surface area contributed by atoms with Crippen molar-refractivity contribution in [1.82, 2.24) is 4.90 Å². The summed E-state index contributed by atoms with van der Waals surface area (Å²) in [6.45, 7) is 8.12. The fourth-order valence-electron chi connectivity index (χ4n) is 7.42. The van der Waals surface area contributed by atoms with Gasteiger partial charge in [-0.1, -0.05) is 232 Å². The number of carbonyl (C=O) groups is 1.